The summed E-state index contributed by atoms with van der Waals surface area (Å²) in [5.74, 6) is 0. The Hall–Kier alpha value is -2.20. The van der Waals surface area contributed by atoms with Gasteiger partial charge in [0, 0.05) is 16.4 Å². The van der Waals surface area contributed by atoms with E-state index in [4.69, 9.17) is 17.3 Å². The van der Waals surface area contributed by atoms with Crippen LogP contribution in [0, 0.1) is 0 Å². The van der Waals surface area contributed by atoms with E-state index >= 15 is 0 Å². The Bertz CT molecular complexity index is 613. The Kier molecular flexibility index (Phi) is 5.06. The number of halogens is 1. The molecule has 2 aromatic rings. The number of hydrogen-bond donors (Lipinski definition) is 3. The predicted molar refractivity (Wildman–Crippen MR) is 87.8 cm³/mol. The number of carbonyl (C=O) groups excluding carboxylic acids is 1. The zero-order valence-corrected chi connectivity index (χ0v) is 12.5. The summed E-state index contributed by atoms with van der Waals surface area (Å²) in [6.07, 6.45) is 0.926. The fourth-order valence-corrected chi connectivity index (χ4v) is 2.27. The molecular formula is C16H18ClN3O. The van der Waals surface area contributed by atoms with E-state index in [0.29, 0.717) is 5.69 Å². The van der Waals surface area contributed by atoms with Crippen LogP contribution in [0.3, 0.4) is 0 Å². The van der Waals surface area contributed by atoms with Gasteiger partial charge in [0.25, 0.3) is 0 Å². The van der Waals surface area contributed by atoms with Gasteiger partial charge in [-0.2, -0.15) is 0 Å². The molecule has 0 saturated carbocycles. The summed E-state index contributed by atoms with van der Waals surface area (Å²) in [5.41, 5.74) is 7.87. The van der Waals surface area contributed by atoms with Crippen LogP contribution in [-0.4, -0.2) is 6.03 Å². The van der Waals surface area contributed by atoms with Crippen LogP contribution in [0.2, 0.25) is 5.02 Å². The molecule has 0 aliphatic carbocycles. The summed E-state index contributed by atoms with van der Waals surface area (Å²) in [6, 6.07) is 14.8. The third kappa shape index (κ3) is 4.39. The molecule has 21 heavy (non-hydrogen) atoms. The molecule has 0 spiro atoms. The van der Waals surface area contributed by atoms with Crippen molar-refractivity contribution in [1.29, 1.82) is 0 Å². The molecule has 4 nitrogen and oxygen atoms in total. The van der Waals surface area contributed by atoms with Crippen molar-refractivity contribution in [1.82, 2.24) is 0 Å². The third-order valence-electron chi connectivity index (χ3n) is 3.15. The third-order valence-corrected chi connectivity index (χ3v) is 3.40. The van der Waals surface area contributed by atoms with Gasteiger partial charge in [-0.1, -0.05) is 36.7 Å². The van der Waals surface area contributed by atoms with Crippen molar-refractivity contribution < 1.29 is 4.79 Å². The maximum absolute atomic E-state index is 10.9. The first-order chi connectivity index (χ1) is 10.1. The normalized spacial score (nSPS) is 11.7. The topological polar surface area (TPSA) is 67.2 Å². The molecular weight excluding hydrogens is 286 g/mol. The maximum Gasteiger partial charge on any atom is 0.316 e. The SMILES string of the molecule is CCC(Nc1cccc(NC(N)=O)c1)c1ccc(Cl)cc1. The average molecular weight is 304 g/mol. The fourth-order valence-electron chi connectivity index (χ4n) is 2.15. The van der Waals surface area contributed by atoms with Gasteiger partial charge < -0.3 is 16.4 Å². The van der Waals surface area contributed by atoms with Gasteiger partial charge in [-0.05, 0) is 42.3 Å². The molecule has 0 aliphatic heterocycles. The highest BCUT2D eigenvalue weighted by Crippen LogP contribution is 2.25. The van der Waals surface area contributed by atoms with Gasteiger partial charge in [0.15, 0.2) is 0 Å². The van der Waals surface area contributed by atoms with Crippen molar-refractivity contribution in [2.24, 2.45) is 5.73 Å². The van der Waals surface area contributed by atoms with Gasteiger partial charge >= 0.3 is 6.03 Å². The largest absolute Gasteiger partial charge is 0.378 e. The number of benzene rings is 2. The number of primary amides is 1. The van der Waals surface area contributed by atoms with Crippen molar-refractivity contribution in [3.05, 3.63) is 59.1 Å². The second-order valence-corrected chi connectivity index (χ2v) is 5.16. The van der Waals surface area contributed by atoms with E-state index in [0.717, 1.165) is 22.7 Å². The Balaban J connectivity index is 2.14. The van der Waals surface area contributed by atoms with E-state index in [2.05, 4.69) is 17.6 Å². The van der Waals surface area contributed by atoms with Crippen molar-refractivity contribution in [3.8, 4) is 0 Å². The summed E-state index contributed by atoms with van der Waals surface area (Å²) in [6.45, 7) is 2.11. The van der Waals surface area contributed by atoms with E-state index in [1.807, 2.05) is 42.5 Å². The highest BCUT2D eigenvalue weighted by Gasteiger charge is 2.09. The lowest BCUT2D eigenvalue weighted by Crippen LogP contribution is -2.19. The quantitative estimate of drug-likeness (QED) is 0.766. The Labute approximate surface area is 129 Å². The van der Waals surface area contributed by atoms with E-state index in [1.165, 1.54) is 0 Å². The molecule has 0 bridgehead atoms. The van der Waals surface area contributed by atoms with E-state index in [1.54, 1.807) is 6.07 Å². The minimum absolute atomic E-state index is 0.172. The average Bonchev–Trinajstić information content (AvgIpc) is 2.45. The second kappa shape index (κ2) is 6.99. The van der Waals surface area contributed by atoms with E-state index < -0.39 is 6.03 Å². The summed E-state index contributed by atoms with van der Waals surface area (Å²) in [7, 11) is 0. The molecule has 0 aromatic heterocycles. The molecule has 2 aromatic carbocycles. The first kappa shape index (κ1) is 15.2. The van der Waals surface area contributed by atoms with Crippen molar-refractivity contribution in [2.45, 2.75) is 19.4 Å². The standard InChI is InChI=1S/C16H18ClN3O/c1-2-15(11-6-8-12(17)9-7-11)19-13-4-3-5-14(10-13)20-16(18)21/h3-10,15,19H,2H2,1H3,(H3,18,20,21). The van der Waals surface area contributed by atoms with Gasteiger partial charge in [0.2, 0.25) is 0 Å². The molecule has 110 valence electrons. The smallest absolute Gasteiger partial charge is 0.316 e. The fraction of sp³-hybridized carbons (Fsp3) is 0.188. The van der Waals surface area contributed by atoms with Crippen LogP contribution >= 0.6 is 11.6 Å². The number of amides is 2. The minimum Gasteiger partial charge on any atom is -0.378 e. The van der Waals surface area contributed by atoms with Gasteiger partial charge in [-0.25, -0.2) is 4.79 Å². The molecule has 2 rings (SSSR count). The van der Waals surface area contributed by atoms with Gasteiger partial charge in [-0.15, -0.1) is 0 Å². The van der Waals surface area contributed by atoms with Crippen molar-refractivity contribution in [2.75, 3.05) is 10.6 Å². The molecule has 0 heterocycles. The predicted octanol–water partition coefficient (Wildman–Crippen LogP) is 4.39. The second-order valence-electron chi connectivity index (χ2n) is 4.73. The van der Waals surface area contributed by atoms with Crippen LogP contribution in [0.1, 0.15) is 24.9 Å². The van der Waals surface area contributed by atoms with Crippen LogP contribution in [-0.2, 0) is 0 Å². The molecule has 2 amide bonds. The van der Waals surface area contributed by atoms with E-state index in [9.17, 15) is 4.79 Å². The van der Waals surface area contributed by atoms with Gasteiger partial charge in [-0.3, -0.25) is 0 Å². The maximum atomic E-state index is 10.9. The molecule has 1 atom stereocenters. The van der Waals surface area contributed by atoms with Crippen molar-refractivity contribution >= 4 is 29.0 Å². The number of nitrogens with two attached hydrogens (primary N) is 1. The lowest BCUT2D eigenvalue weighted by Gasteiger charge is -2.19. The summed E-state index contributed by atoms with van der Waals surface area (Å²) < 4.78 is 0. The number of carbonyl (C=O) groups is 1. The zero-order valence-electron chi connectivity index (χ0n) is 11.8. The molecule has 0 saturated heterocycles. The molecule has 0 aliphatic rings. The Morgan fingerprint density at radius 3 is 2.48 bits per heavy atom. The zero-order chi connectivity index (χ0) is 15.2. The lowest BCUT2D eigenvalue weighted by atomic mass is 10.0. The monoisotopic (exact) mass is 303 g/mol. The number of hydrogen-bond acceptors (Lipinski definition) is 2. The van der Waals surface area contributed by atoms with Crippen molar-refractivity contribution in [3.63, 3.8) is 0 Å². The highest BCUT2D eigenvalue weighted by molar-refractivity contribution is 6.30. The first-order valence-corrected chi connectivity index (χ1v) is 7.15. The number of nitrogens with one attached hydrogen (secondary N) is 2. The minimum atomic E-state index is -0.572. The summed E-state index contributed by atoms with van der Waals surface area (Å²) >= 11 is 5.92. The Morgan fingerprint density at radius 1 is 1.19 bits per heavy atom. The van der Waals surface area contributed by atoms with Crippen LogP contribution < -0.4 is 16.4 Å². The number of anilines is 2. The van der Waals surface area contributed by atoms with Gasteiger partial charge in [0.1, 0.15) is 0 Å². The van der Waals surface area contributed by atoms with Crippen LogP contribution in [0.15, 0.2) is 48.5 Å². The number of rotatable bonds is 5. The van der Waals surface area contributed by atoms with Crippen LogP contribution in [0.25, 0.3) is 0 Å². The summed E-state index contributed by atoms with van der Waals surface area (Å²) in [4.78, 5) is 10.9. The molecule has 1 unspecified atom stereocenters. The molecule has 0 radical (unpaired) electrons. The number of urea groups is 1. The summed E-state index contributed by atoms with van der Waals surface area (Å²) in [5, 5.41) is 6.73. The van der Waals surface area contributed by atoms with E-state index in [-0.39, 0.29) is 6.04 Å². The first-order valence-electron chi connectivity index (χ1n) is 6.77. The Morgan fingerprint density at radius 2 is 1.86 bits per heavy atom. The molecule has 0 fully saturated rings. The van der Waals surface area contributed by atoms with Crippen LogP contribution in [0.5, 0.6) is 0 Å². The highest BCUT2D eigenvalue weighted by atomic mass is 35.5. The van der Waals surface area contributed by atoms with Crippen LogP contribution in [0.4, 0.5) is 16.2 Å². The molecule has 4 N–H and O–H groups in total. The van der Waals surface area contributed by atoms with Gasteiger partial charge in [0.05, 0.1) is 6.04 Å². The lowest BCUT2D eigenvalue weighted by molar-refractivity contribution is 0.259. The molecule has 5 heteroatoms.